The lowest BCUT2D eigenvalue weighted by Gasteiger charge is -2.07. The quantitative estimate of drug-likeness (QED) is 0.580. The summed E-state index contributed by atoms with van der Waals surface area (Å²) in [6.45, 7) is 1.87. The molecule has 1 aromatic heterocycles. The molecule has 1 N–H and O–H groups in total. The van der Waals surface area contributed by atoms with Gasteiger partial charge < -0.3 is 9.72 Å². The van der Waals surface area contributed by atoms with Gasteiger partial charge in [-0.25, -0.2) is 4.98 Å². The molecular formula is C14H10ClN3O3. The van der Waals surface area contributed by atoms with Gasteiger partial charge in [-0.2, -0.15) is 0 Å². The lowest BCUT2D eigenvalue weighted by atomic mass is 10.3. The largest absolute Gasteiger partial charge is 0.456 e. The predicted molar refractivity (Wildman–Crippen MR) is 79.0 cm³/mol. The fraction of sp³-hybridized carbons (Fsp3) is 0.0714. The molecule has 0 radical (unpaired) electrons. The molecule has 21 heavy (non-hydrogen) atoms. The van der Waals surface area contributed by atoms with Crippen LogP contribution in [0.5, 0.6) is 11.5 Å². The fourth-order valence-corrected chi connectivity index (χ4v) is 2.21. The number of halogens is 1. The number of fused-ring (bicyclic) bond motifs is 1. The molecule has 106 valence electrons. The molecule has 3 aromatic rings. The van der Waals surface area contributed by atoms with E-state index in [1.54, 1.807) is 12.1 Å². The maximum atomic E-state index is 10.7. The zero-order chi connectivity index (χ0) is 15.0. The van der Waals surface area contributed by atoms with Crippen LogP contribution in [-0.4, -0.2) is 14.9 Å². The van der Waals surface area contributed by atoms with E-state index in [2.05, 4.69) is 9.97 Å². The van der Waals surface area contributed by atoms with E-state index in [1.165, 1.54) is 18.2 Å². The van der Waals surface area contributed by atoms with Crippen molar-refractivity contribution in [3.63, 3.8) is 0 Å². The molecule has 0 spiro atoms. The first-order valence-corrected chi connectivity index (χ1v) is 6.49. The fourth-order valence-electron chi connectivity index (χ4n) is 1.99. The van der Waals surface area contributed by atoms with Crippen molar-refractivity contribution in [2.45, 2.75) is 6.92 Å². The molecule has 0 atom stereocenters. The van der Waals surface area contributed by atoms with Crippen molar-refractivity contribution in [3.05, 3.63) is 57.4 Å². The van der Waals surface area contributed by atoms with E-state index in [9.17, 15) is 10.1 Å². The van der Waals surface area contributed by atoms with Gasteiger partial charge in [-0.1, -0.05) is 11.6 Å². The topological polar surface area (TPSA) is 81.1 Å². The summed E-state index contributed by atoms with van der Waals surface area (Å²) in [6, 6.07) is 9.47. The Kier molecular flexibility index (Phi) is 3.23. The number of aromatic nitrogens is 2. The van der Waals surface area contributed by atoms with Gasteiger partial charge in [0.15, 0.2) is 0 Å². The molecule has 0 aliphatic rings. The van der Waals surface area contributed by atoms with Gasteiger partial charge in [-0.3, -0.25) is 10.1 Å². The van der Waals surface area contributed by atoms with Crippen LogP contribution in [0.1, 0.15) is 5.82 Å². The van der Waals surface area contributed by atoms with Crippen LogP contribution < -0.4 is 4.74 Å². The van der Waals surface area contributed by atoms with Crippen LogP contribution in [0.3, 0.4) is 0 Å². The standard InChI is InChI=1S/C14H10ClN3O3/c1-8-16-12-4-3-10(7-13(12)17-8)21-14-5-2-9(18(19)20)6-11(14)15/h2-7H,1H3,(H,16,17). The van der Waals surface area contributed by atoms with E-state index in [0.717, 1.165) is 16.9 Å². The monoisotopic (exact) mass is 303 g/mol. The molecule has 6 nitrogen and oxygen atoms in total. The second-order valence-electron chi connectivity index (χ2n) is 4.48. The number of H-pyrrole nitrogens is 1. The second kappa shape index (κ2) is 5.06. The molecule has 0 unspecified atom stereocenters. The van der Waals surface area contributed by atoms with Crippen LogP contribution in [0, 0.1) is 17.0 Å². The Labute approximate surface area is 124 Å². The van der Waals surface area contributed by atoms with Gasteiger partial charge in [0.1, 0.15) is 17.3 Å². The number of imidazole rings is 1. The number of non-ortho nitro benzene ring substituents is 1. The molecule has 0 saturated heterocycles. The number of nitro benzene ring substituents is 1. The van der Waals surface area contributed by atoms with Gasteiger partial charge in [0.05, 0.1) is 21.0 Å². The van der Waals surface area contributed by atoms with Crippen LogP contribution in [0.15, 0.2) is 36.4 Å². The smallest absolute Gasteiger partial charge is 0.271 e. The highest BCUT2D eigenvalue weighted by atomic mass is 35.5. The third kappa shape index (κ3) is 2.66. The van der Waals surface area contributed by atoms with Crippen LogP contribution in [0.25, 0.3) is 11.0 Å². The zero-order valence-corrected chi connectivity index (χ0v) is 11.7. The van der Waals surface area contributed by atoms with Crippen LogP contribution in [-0.2, 0) is 0 Å². The molecule has 2 aromatic carbocycles. The molecule has 0 fully saturated rings. The summed E-state index contributed by atoms with van der Waals surface area (Å²) in [5.74, 6) is 1.75. The van der Waals surface area contributed by atoms with E-state index in [0.29, 0.717) is 11.5 Å². The summed E-state index contributed by atoms with van der Waals surface area (Å²) in [5.41, 5.74) is 1.62. The Morgan fingerprint density at radius 3 is 2.81 bits per heavy atom. The first kappa shape index (κ1) is 13.4. The molecule has 7 heteroatoms. The highest BCUT2D eigenvalue weighted by Gasteiger charge is 2.11. The van der Waals surface area contributed by atoms with Crippen LogP contribution >= 0.6 is 11.6 Å². The Balaban J connectivity index is 1.92. The average molecular weight is 304 g/mol. The van der Waals surface area contributed by atoms with E-state index < -0.39 is 4.92 Å². The molecule has 1 heterocycles. The van der Waals surface area contributed by atoms with E-state index in [-0.39, 0.29) is 10.7 Å². The lowest BCUT2D eigenvalue weighted by Crippen LogP contribution is -1.90. The number of rotatable bonds is 3. The second-order valence-corrected chi connectivity index (χ2v) is 4.88. The summed E-state index contributed by atoms with van der Waals surface area (Å²) in [5, 5.41) is 10.9. The molecule has 0 bridgehead atoms. The molecular weight excluding hydrogens is 294 g/mol. The third-order valence-corrected chi connectivity index (χ3v) is 3.22. The predicted octanol–water partition coefficient (Wildman–Crippen LogP) is 4.23. The maximum Gasteiger partial charge on any atom is 0.271 e. The summed E-state index contributed by atoms with van der Waals surface area (Å²) in [6.07, 6.45) is 0. The molecule has 0 saturated carbocycles. The van der Waals surface area contributed by atoms with E-state index >= 15 is 0 Å². The van der Waals surface area contributed by atoms with Gasteiger partial charge in [-0.05, 0) is 25.1 Å². The van der Waals surface area contributed by atoms with Crippen molar-refractivity contribution >= 4 is 28.3 Å². The summed E-state index contributed by atoms with van der Waals surface area (Å²) in [7, 11) is 0. The number of hydrogen-bond donors (Lipinski definition) is 1. The molecule has 0 amide bonds. The molecule has 0 aliphatic heterocycles. The number of nitrogens with zero attached hydrogens (tertiary/aromatic N) is 2. The van der Waals surface area contributed by atoms with E-state index in [4.69, 9.17) is 16.3 Å². The molecule has 0 aliphatic carbocycles. The van der Waals surface area contributed by atoms with Gasteiger partial charge in [0, 0.05) is 18.2 Å². The van der Waals surface area contributed by atoms with Gasteiger partial charge in [-0.15, -0.1) is 0 Å². The van der Waals surface area contributed by atoms with Gasteiger partial charge in [0.25, 0.3) is 5.69 Å². The summed E-state index contributed by atoms with van der Waals surface area (Å²) in [4.78, 5) is 17.6. The van der Waals surface area contributed by atoms with Crippen LogP contribution in [0.4, 0.5) is 5.69 Å². The number of aromatic amines is 1. The van der Waals surface area contributed by atoms with Crippen LogP contribution in [0.2, 0.25) is 5.02 Å². The van der Waals surface area contributed by atoms with Crippen molar-refractivity contribution in [2.75, 3.05) is 0 Å². The number of hydrogen-bond acceptors (Lipinski definition) is 4. The number of nitrogens with one attached hydrogen (secondary N) is 1. The van der Waals surface area contributed by atoms with Crippen molar-refractivity contribution in [2.24, 2.45) is 0 Å². The highest BCUT2D eigenvalue weighted by Crippen LogP contribution is 2.33. The first-order valence-electron chi connectivity index (χ1n) is 6.11. The van der Waals surface area contributed by atoms with Crippen molar-refractivity contribution in [1.29, 1.82) is 0 Å². The average Bonchev–Trinajstić information content (AvgIpc) is 2.80. The number of aryl methyl sites for hydroxylation is 1. The Morgan fingerprint density at radius 1 is 1.29 bits per heavy atom. The lowest BCUT2D eigenvalue weighted by molar-refractivity contribution is -0.384. The Morgan fingerprint density at radius 2 is 2.10 bits per heavy atom. The zero-order valence-electron chi connectivity index (χ0n) is 11.0. The van der Waals surface area contributed by atoms with Crippen molar-refractivity contribution in [3.8, 4) is 11.5 Å². The third-order valence-electron chi connectivity index (χ3n) is 2.93. The molecule has 3 rings (SSSR count). The minimum Gasteiger partial charge on any atom is -0.456 e. The van der Waals surface area contributed by atoms with Gasteiger partial charge in [0.2, 0.25) is 0 Å². The summed E-state index contributed by atoms with van der Waals surface area (Å²) >= 11 is 6.00. The Hall–Kier alpha value is -2.60. The SMILES string of the molecule is Cc1nc2ccc(Oc3ccc([N+](=O)[O-])cc3Cl)cc2[nH]1. The van der Waals surface area contributed by atoms with E-state index in [1.807, 2.05) is 13.0 Å². The first-order chi connectivity index (χ1) is 10.0. The number of benzene rings is 2. The normalized spacial score (nSPS) is 10.8. The number of ether oxygens (including phenoxy) is 1. The van der Waals surface area contributed by atoms with Crippen molar-refractivity contribution in [1.82, 2.24) is 9.97 Å². The van der Waals surface area contributed by atoms with Crippen molar-refractivity contribution < 1.29 is 9.66 Å². The highest BCUT2D eigenvalue weighted by molar-refractivity contribution is 6.32. The Bertz CT molecular complexity index is 845. The minimum absolute atomic E-state index is 0.0769. The minimum atomic E-state index is -0.505. The summed E-state index contributed by atoms with van der Waals surface area (Å²) < 4.78 is 5.66. The number of nitro groups is 1. The van der Waals surface area contributed by atoms with Gasteiger partial charge >= 0.3 is 0 Å². The maximum absolute atomic E-state index is 10.7.